The van der Waals surface area contributed by atoms with Gasteiger partial charge < -0.3 is 0 Å². The molecule has 0 N–H and O–H groups in total. The third-order valence-corrected chi connectivity index (χ3v) is 6.16. The van der Waals surface area contributed by atoms with Gasteiger partial charge in [-0.25, -0.2) is 12.4 Å². The van der Waals surface area contributed by atoms with Gasteiger partial charge in [-0.3, -0.25) is 0 Å². The maximum absolute atomic E-state index is 12.7. The van der Waals surface area contributed by atoms with Gasteiger partial charge in [0.2, 0.25) is 0 Å². The lowest BCUT2D eigenvalue weighted by atomic mass is 10.2. The van der Waals surface area contributed by atoms with Crippen molar-refractivity contribution in [2.75, 3.05) is 0 Å². The molecule has 2 heterocycles. The highest BCUT2D eigenvalue weighted by atomic mass is 32.2. The van der Waals surface area contributed by atoms with E-state index in [9.17, 15) is 8.42 Å². The molecule has 0 bridgehead atoms. The first-order valence-electron chi connectivity index (χ1n) is 7.04. The summed E-state index contributed by atoms with van der Waals surface area (Å²) in [5.41, 5.74) is 2.19. The van der Waals surface area contributed by atoms with Crippen LogP contribution in [0, 0.1) is 25.7 Å². The Hall–Kier alpha value is -2.29. The van der Waals surface area contributed by atoms with E-state index in [4.69, 9.17) is 0 Å². The zero-order valence-corrected chi connectivity index (χ0v) is 14.4. The van der Waals surface area contributed by atoms with Crippen LogP contribution in [0.15, 0.2) is 58.8 Å². The Kier molecular flexibility index (Phi) is 4.12. The van der Waals surface area contributed by atoms with E-state index in [1.165, 1.54) is 3.97 Å². The minimum atomic E-state index is -3.56. The van der Waals surface area contributed by atoms with Crippen LogP contribution in [-0.2, 0) is 10.0 Å². The number of aromatic nitrogens is 1. The number of nitrogens with zero attached hydrogens (tertiary/aromatic N) is 1. The number of hydrogen-bond acceptors (Lipinski definition) is 3. The van der Waals surface area contributed by atoms with E-state index in [1.54, 1.807) is 61.6 Å². The van der Waals surface area contributed by atoms with Crippen molar-refractivity contribution < 1.29 is 8.42 Å². The highest BCUT2D eigenvalue weighted by molar-refractivity contribution is 7.90. The molecule has 0 spiro atoms. The highest BCUT2D eigenvalue weighted by Gasteiger charge is 2.19. The van der Waals surface area contributed by atoms with E-state index in [1.807, 2.05) is 17.5 Å². The molecule has 5 heteroatoms. The molecule has 0 radical (unpaired) electrons. The van der Waals surface area contributed by atoms with Crippen LogP contribution in [0.1, 0.15) is 21.8 Å². The van der Waals surface area contributed by atoms with Gasteiger partial charge in [0.05, 0.1) is 9.77 Å². The van der Waals surface area contributed by atoms with Gasteiger partial charge in [-0.2, -0.15) is 0 Å². The lowest BCUT2D eigenvalue weighted by Crippen LogP contribution is -2.15. The smallest absolute Gasteiger partial charge is 0.243 e. The van der Waals surface area contributed by atoms with Crippen LogP contribution < -0.4 is 0 Å². The molecule has 23 heavy (non-hydrogen) atoms. The van der Waals surface area contributed by atoms with Gasteiger partial charge in [-0.1, -0.05) is 17.9 Å². The summed E-state index contributed by atoms with van der Waals surface area (Å²) in [5.74, 6) is 6.10. The average Bonchev–Trinajstić information content (AvgIpc) is 3.15. The molecule has 0 saturated carbocycles. The highest BCUT2D eigenvalue weighted by Crippen LogP contribution is 2.19. The predicted octanol–water partition coefficient (Wildman–Crippen LogP) is 3.80. The summed E-state index contributed by atoms with van der Waals surface area (Å²) in [6, 6.07) is 14.2. The van der Waals surface area contributed by atoms with Crippen molar-refractivity contribution in [2.45, 2.75) is 18.7 Å². The maximum Gasteiger partial charge on any atom is 0.268 e. The molecule has 3 aromatic rings. The first kappa shape index (κ1) is 15.6. The molecule has 116 valence electrons. The zero-order chi connectivity index (χ0) is 16.4. The molecule has 0 aliphatic heterocycles. The average molecular weight is 341 g/mol. The minimum absolute atomic E-state index is 0.265. The summed E-state index contributed by atoms with van der Waals surface area (Å²) in [6.45, 7) is 3.57. The predicted molar refractivity (Wildman–Crippen MR) is 93.2 cm³/mol. The van der Waals surface area contributed by atoms with Crippen LogP contribution in [-0.4, -0.2) is 12.4 Å². The number of benzene rings is 1. The molecule has 1 aromatic carbocycles. The first-order chi connectivity index (χ1) is 11.0. The third kappa shape index (κ3) is 3.09. The quantitative estimate of drug-likeness (QED) is 0.665. The second-order valence-corrected chi connectivity index (χ2v) is 7.87. The summed E-state index contributed by atoms with van der Waals surface area (Å²) in [6.07, 6.45) is 0. The molecule has 0 saturated heterocycles. The largest absolute Gasteiger partial charge is 0.268 e. The Labute approximate surface area is 140 Å². The van der Waals surface area contributed by atoms with Crippen LogP contribution >= 0.6 is 11.3 Å². The fraction of sp³-hybridized carbons (Fsp3) is 0.111. The van der Waals surface area contributed by atoms with Crippen LogP contribution in [0.2, 0.25) is 0 Å². The molecule has 0 atom stereocenters. The van der Waals surface area contributed by atoms with E-state index in [0.29, 0.717) is 11.4 Å². The zero-order valence-electron chi connectivity index (χ0n) is 12.8. The normalized spacial score (nSPS) is 11.0. The summed E-state index contributed by atoms with van der Waals surface area (Å²) >= 11 is 1.58. The monoisotopic (exact) mass is 341 g/mol. The molecular formula is C18H15NO2S2. The van der Waals surface area contributed by atoms with Crippen molar-refractivity contribution in [3.8, 4) is 11.8 Å². The van der Waals surface area contributed by atoms with E-state index >= 15 is 0 Å². The fourth-order valence-corrected chi connectivity index (χ4v) is 4.47. The van der Waals surface area contributed by atoms with Gasteiger partial charge in [-0.15, -0.1) is 11.3 Å². The Balaban J connectivity index is 1.93. The molecule has 3 rings (SSSR count). The summed E-state index contributed by atoms with van der Waals surface area (Å²) < 4.78 is 26.8. The Bertz CT molecular complexity index is 964. The van der Waals surface area contributed by atoms with Crippen LogP contribution in [0.5, 0.6) is 0 Å². The van der Waals surface area contributed by atoms with Gasteiger partial charge in [0.1, 0.15) is 0 Å². The molecule has 2 aromatic heterocycles. The SMILES string of the molecule is Cc1ccc(C)n1S(=O)(=O)c1ccc(C#Cc2cccs2)cc1. The fourth-order valence-electron chi connectivity index (χ4n) is 2.33. The first-order valence-corrected chi connectivity index (χ1v) is 9.36. The minimum Gasteiger partial charge on any atom is -0.243 e. The molecule has 0 amide bonds. The molecule has 0 aliphatic rings. The molecular weight excluding hydrogens is 326 g/mol. The number of thiophene rings is 1. The number of hydrogen-bond donors (Lipinski definition) is 0. The summed E-state index contributed by atoms with van der Waals surface area (Å²) in [5, 5.41) is 1.97. The third-order valence-electron chi connectivity index (χ3n) is 3.45. The molecule has 0 aliphatic carbocycles. The van der Waals surface area contributed by atoms with Crippen LogP contribution in [0.3, 0.4) is 0 Å². The van der Waals surface area contributed by atoms with Gasteiger partial charge in [-0.05, 0) is 61.7 Å². The van der Waals surface area contributed by atoms with Crippen molar-refractivity contribution >= 4 is 21.4 Å². The van der Waals surface area contributed by atoms with Gasteiger partial charge in [0, 0.05) is 17.0 Å². The second kappa shape index (κ2) is 6.07. The van der Waals surface area contributed by atoms with Crippen molar-refractivity contribution in [2.24, 2.45) is 0 Å². The topological polar surface area (TPSA) is 39.1 Å². The lowest BCUT2D eigenvalue weighted by Gasteiger charge is -2.10. The Morgan fingerprint density at radius 1 is 0.913 bits per heavy atom. The molecule has 0 fully saturated rings. The van der Waals surface area contributed by atoms with Crippen molar-refractivity contribution in [1.82, 2.24) is 3.97 Å². The standard InChI is InChI=1S/C18H15NO2S2/c1-14-5-6-15(2)19(14)23(20,21)18-11-8-16(9-12-18)7-10-17-4-3-13-22-17/h3-6,8-9,11-13H,1-2H3. The van der Waals surface area contributed by atoms with Gasteiger partial charge in [0.15, 0.2) is 0 Å². The number of rotatable bonds is 2. The summed E-state index contributed by atoms with van der Waals surface area (Å²) in [4.78, 5) is 1.25. The summed E-state index contributed by atoms with van der Waals surface area (Å²) in [7, 11) is -3.56. The van der Waals surface area contributed by atoms with Gasteiger partial charge in [0.25, 0.3) is 10.0 Å². The van der Waals surface area contributed by atoms with Crippen LogP contribution in [0.25, 0.3) is 0 Å². The van der Waals surface area contributed by atoms with E-state index in [0.717, 1.165) is 10.4 Å². The lowest BCUT2D eigenvalue weighted by molar-refractivity contribution is 0.585. The molecule has 0 unspecified atom stereocenters. The van der Waals surface area contributed by atoms with E-state index in [-0.39, 0.29) is 4.90 Å². The Morgan fingerprint density at radius 2 is 1.57 bits per heavy atom. The van der Waals surface area contributed by atoms with Gasteiger partial charge >= 0.3 is 0 Å². The Morgan fingerprint density at radius 3 is 2.13 bits per heavy atom. The van der Waals surface area contributed by atoms with E-state index < -0.39 is 10.0 Å². The molecule has 3 nitrogen and oxygen atoms in total. The van der Waals surface area contributed by atoms with Crippen molar-refractivity contribution in [1.29, 1.82) is 0 Å². The van der Waals surface area contributed by atoms with Crippen molar-refractivity contribution in [3.05, 3.63) is 75.7 Å². The second-order valence-electron chi connectivity index (χ2n) is 5.14. The van der Waals surface area contributed by atoms with Crippen LogP contribution in [0.4, 0.5) is 0 Å². The van der Waals surface area contributed by atoms with Crippen molar-refractivity contribution in [3.63, 3.8) is 0 Å². The number of aryl methyl sites for hydroxylation is 2. The van der Waals surface area contributed by atoms with E-state index in [2.05, 4.69) is 11.8 Å². The maximum atomic E-state index is 12.7.